The summed E-state index contributed by atoms with van der Waals surface area (Å²) in [5.74, 6) is 0. The smallest absolute Gasteiger partial charge is 0.228 e. The summed E-state index contributed by atoms with van der Waals surface area (Å²) in [6.07, 6.45) is 2.27. The largest absolute Gasteiger partial charge is 0.308 e. The van der Waals surface area contributed by atoms with Crippen LogP contribution in [-0.2, 0) is 0 Å². The molecule has 0 unspecified atom stereocenters. The van der Waals surface area contributed by atoms with Gasteiger partial charge in [-0.05, 0) is 48.5 Å². The van der Waals surface area contributed by atoms with Gasteiger partial charge >= 0.3 is 0 Å². The quantitative estimate of drug-likeness (QED) is 0.250. The second kappa shape index (κ2) is 9.32. The fourth-order valence-electron chi connectivity index (χ4n) is 4.73. The number of benzene rings is 5. The topological polar surface area (TPSA) is 9.49 Å². The van der Waals surface area contributed by atoms with Gasteiger partial charge < -0.3 is 4.90 Å². The fourth-order valence-corrected chi connectivity index (χ4v) is 4.73. The Labute approximate surface area is 206 Å². The van der Waals surface area contributed by atoms with Crippen LogP contribution >= 0.6 is 0 Å². The summed E-state index contributed by atoms with van der Waals surface area (Å²) in [6, 6.07) is 49.0. The van der Waals surface area contributed by atoms with Crippen LogP contribution in [0.5, 0.6) is 0 Å². The summed E-state index contributed by atoms with van der Waals surface area (Å²) in [6.45, 7) is 0.718. The maximum atomic E-state index is 2.41. The molecule has 0 radical (unpaired) electrons. The van der Waals surface area contributed by atoms with Gasteiger partial charge in [0, 0.05) is 29.2 Å². The molecular weight excluding hydrogens is 426 g/mol. The lowest BCUT2D eigenvalue weighted by Crippen LogP contribution is -2.33. The molecule has 0 saturated heterocycles. The van der Waals surface area contributed by atoms with Crippen molar-refractivity contribution >= 4 is 40.3 Å². The zero-order chi connectivity index (χ0) is 23.5. The van der Waals surface area contributed by atoms with Gasteiger partial charge in [-0.3, -0.25) is 4.90 Å². The molecule has 0 spiro atoms. The van der Waals surface area contributed by atoms with Crippen LogP contribution in [0.15, 0.2) is 140 Å². The molecule has 0 aliphatic carbocycles. The van der Waals surface area contributed by atoms with Crippen LogP contribution in [0.1, 0.15) is 5.56 Å². The molecule has 0 aromatic heterocycles. The molecule has 0 fully saturated rings. The first kappa shape index (κ1) is 20.9. The summed E-state index contributed by atoms with van der Waals surface area (Å²) in [5.41, 5.74) is 8.12. The Morgan fingerprint density at radius 1 is 0.543 bits per heavy atom. The molecule has 3 heteroatoms. The molecular formula is C32H26N3+. The number of rotatable bonds is 5. The standard InChI is InChI=1S/C32H26N3/c1-5-15-27(16-6-1)33-24-26-14-13-23-31(32(26)34(25-33)28-17-7-2-8-18-28)35(29-19-9-3-10-20-29)30-21-11-4-12-22-30/h1-24H,25H2/q+1. The van der Waals surface area contributed by atoms with Crippen LogP contribution in [0.2, 0.25) is 0 Å². The van der Waals surface area contributed by atoms with E-state index in [1.165, 1.54) is 16.9 Å². The molecule has 1 aliphatic rings. The summed E-state index contributed by atoms with van der Waals surface area (Å²) >= 11 is 0. The van der Waals surface area contributed by atoms with Crippen LogP contribution in [0.4, 0.5) is 34.1 Å². The van der Waals surface area contributed by atoms with Crippen molar-refractivity contribution in [2.24, 2.45) is 0 Å². The molecule has 0 bridgehead atoms. The van der Waals surface area contributed by atoms with Crippen LogP contribution in [0, 0.1) is 0 Å². The Bertz CT molecular complexity index is 1410. The first-order valence-corrected chi connectivity index (χ1v) is 11.9. The average Bonchev–Trinajstić information content (AvgIpc) is 2.95. The van der Waals surface area contributed by atoms with Crippen molar-refractivity contribution in [1.82, 2.24) is 0 Å². The fraction of sp³-hybridized carbons (Fsp3) is 0.0312. The number of hydrogen-bond donors (Lipinski definition) is 0. The van der Waals surface area contributed by atoms with E-state index in [-0.39, 0.29) is 0 Å². The van der Waals surface area contributed by atoms with Crippen molar-refractivity contribution in [3.63, 3.8) is 0 Å². The predicted molar refractivity (Wildman–Crippen MR) is 146 cm³/mol. The van der Waals surface area contributed by atoms with E-state index in [4.69, 9.17) is 0 Å². The van der Waals surface area contributed by atoms with E-state index in [0.717, 1.165) is 29.4 Å². The molecule has 1 heterocycles. The van der Waals surface area contributed by atoms with Crippen molar-refractivity contribution in [3.05, 3.63) is 145 Å². The second-order valence-corrected chi connectivity index (χ2v) is 8.56. The van der Waals surface area contributed by atoms with Gasteiger partial charge in [-0.2, -0.15) is 4.58 Å². The van der Waals surface area contributed by atoms with Crippen molar-refractivity contribution in [2.75, 3.05) is 16.5 Å². The second-order valence-electron chi connectivity index (χ2n) is 8.56. The zero-order valence-corrected chi connectivity index (χ0v) is 19.4. The summed E-state index contributed by atoms with van der Waals surface area (Å²) in [4.78, 5) is 4.76. The highest BCUT2D eigenvalue weighted by molar-refractivity contribution is 5.98. The molecule has 0 amide bonds. The third-order valence-electron chi connectivity index (χ3n) is 6.33. The summed E-state index contributed by atoms with van der Waals surface area (Å²) < 4.78 is 2.31. The normalized spacial score (nSPS) is 12.6. The third kappa shape index (κ3) is 4.09. The Kier molecular flexibility index (Phi) is 5.57. The SMILES string of the molecule is C1=[N+](c2ccccc2)CN(c2ccccc2)c2c1cccc2N(c1ccccc1)c1ccccc1. The molecule has 168 valence electrons. The first-order valence-electron chi connectivity index (χ1n) is 11.9. The lowest BCUT2D eigenvalue weighted by Gasteiger charge is -2.34. The maximum Gasteiger partial charge on any atom is 0.228 e. The van der Waals surface area contributed by atoms with Gasteiger partial charge in [0.05, 0.1) is 16.9 Å². The van der Waals surface area contributed by atoms with Crippen LogP contribution in [-0.4, -0.2) is 17.5 Å². The van der Waals surface area contributed by atoms with Crippen LogP contribution < -0.4 is 9.80 Å². The van der Waals surface area contributed by atoms with E-state index >= 15 is 0 Å². The molecule has 1 aliphatic heterocycles. The highest BCUT2D eigenvalue weighted by Crippen LogP contribution is 2.45. The molecule has 0 saturated carbocycles. The zero-order valence-electron chi connectivity index (χ0n) is 19.4. The highest BCUT2D eigenvalue weighted by atomic mass is 15.3. The minimum atomic E-state index is 0.718. The summed E-state index contributed by atoms with van der Waals surface area (Å²) in [5, 5.41) is 0. The predicted octanol–water partition coefficient (Wildman–Crippen LogP) is 8.03. The summed E-state index contributed by atoms with van der Waals surface area (Å²) in [7, 11) is 0. The monoisotopic (exact) mass is 452 g/mol. The maximum absolute atomic E-state index is 2.41. The van der Waals surface area contributed by atoms with Crippen molar-refractivity contribution < 1.29 is 4.58 Å². The van der Waals surface area contributed by atoms with E-state index in [9.17, 15) is 0 Å². The number of hydrogen-bond acceptors (Lipinski definition) is 2. The van der Waals surface area contributed by atoms with Gasteiger partial charge in [0.1, 0.15) is 0 Å². The van der Waals surface area contributed by atoms with E-state index < -0.39 is 0 Å². The van der Waals surface area contributed by atoms with Gasteiger partial charge in [0.15, 0.2) is 6.21 Å². The Hall–Kier alpha value is -4.63. The van der Waals surface area contributed by atoms with Gasteiger partial charge in [0.25, 0.3) is 0 Å². The molecule has 6 rings (SSSR count). The van der Waals surface area contributed by atoms with Crippen LogP contribution in [0.25, 0.3) is 0 Å². The van der Waals surface area contributed by atoms with E-state index in [2.05, 4.69) is 160 Å². The number of anilines is 5. The molecule has 0 atom stereocenters. The number of para-hydroxylation sites is 5. The molecule has 3 nitrogen and oxygen atoms in total. The van der Waals surface area contributed by atoms with Crippen molar-refractivity contribution in [3.8, 4) is 0 Å². The molecule has 35 heavy (non-hydrogen) atoms. The Morgan fingerprint density at radius 2 is 1.09 bits per heavy atom. The number of nitrogens with zero attached hydrogens (tertiary/aromatic N) is 3. The Balaban J connectivity index is 1.59. The Morgan fingerprint density at radius 3 is 1.69 bits per heavy atom. The minimum Gasteiger partial charge on any atom is -0.308 e. The average molecular weight is 453 g/mol. The number of fused-ring (bicyclic) bond motifs is 1. The highest BCUT2D eigenvalue weighted by Gasteiger charge is 2.30. The van der Waals surface area contributed by atoms with E-state index in [1.807, 2.05) is 0 Å². The molecule has 0 N–H and O–H groups in total. The third-order valence-corrected chi connectivity index (χ3v) is 6.33. The molecule has 5 aromatic carbocycles. The van der Waals surface area contributed by atoms with Crippen molar-refractivity contribution in [1.29, 1.82) is 0 Å². The molecule has 5 aromatic rings. The van der Waals surface area contributed by atoms with E-state index in [0.29, 0.717) is 0 Å². The van der Waals surface area contributed by atoms with Gasteiger partial charge in [0.2, 0.25) is 12.4 Å². The lowest BCUT2D eigenvalue weighted by molar-refractivity contribution is -0.434. The van der Waals surface area contributed by atoms with Gasteiger partial charge in [-0.25, -0.2) is 0 Å². The van der Waals surface area contributed by atoms with Crippen LogP contribution in [0.3, 0.4) is 0 Å². The van der Waals surface area contributed by atoms with Gasteiger partial charge in [-0.15, -0.1) is 0 Å². The van der Waals surface area contributed by atoms with Crippen molar-refractivity contribution in [2.45, 2.75) is 0 Å². The minimum absolute atomic E-state index is 0.718. The van der Waals surface area contributed by atoms with Gasteiger partial charge in [-0.1, -0.05) is 78.9 Å². The first-order chi connectivity index (χ1) is 17.4. The van der Waals surface area contributed by atoms with E-state index in [1.54, 1.807) is 0 Å². The lowest BCUT2D eigenvalue weighted by atomic mass is 10.1.